The molecule has 0 spiro atoms. The predicted molar refractivity (Wildman–Crippen MR) is 101 cm³/mol. The van der Waals surface area contributed by atoms with Crippen LogP contribution >= 0.6 is 24.8 Å². The van der Waals surface area contributed by atoms with Crippen LogP contribution in [0.4, 0.5) is 0 Å². The topological polar surface area (TPSA) is 59.2 Å². The normalized spacial score (nSPS) is 19.3. The number of carbonyl (C=O) groups excluding carboxylic acids is 1. The maximum atomic E-state index is 12.4. The molecule has 2 N–H and O–H groups in total. The van der Waals surface area contributed by atoms with Crippen molar-refractivity contribution in [1.29, 1.82) is 0 Å². The third-order valence-electron chi connectivity index (χ3n) is 4.32. The van der Waals surface area contributed by atoms with Gasteiger partial charge in [-0.05, 0) is 29.7 Å². The first kappa shape index (κ1) is 20.4. The Hall–Kier alpha value is -1.62. The van der Waals surface area contributed by atoms with Gasteiger partial charge in [-0.2, -0.15) is 0 Å². The largest absolute Gasteiger partial charge is 0.340 e. The Morgan fingerprint density at radius 3 is 2.42 bits per heavy atom. The van der Waals surface area contributed by atoms with E-state index in [1.165, 1.54) is 5.56 Å². The number of nitrogens with zero attached hydrogens (tertiary/aromatic N) is 2. The molecular formula is C18H23Cl2N3O. The SMILES string of the molecule is Cl.Cl.N[C@@H]1CN(C(=O)CCc2ccncc2)C[C@H]1c1ccccc1. The van der Waals surface area contributed by atoms with Gasteiger partial charge in [-0.1, -0.05) is 30.3 Å². The molecule has 1 amide bonds. The summed E-state index contributed by atoms with van der Waals surface area (Å²) in [4.78, 5) is 18.3. The molecule has 1 aromatic carbocycles. The maximum absolute atomic E-state index is 12.4. The van der Waals surface area contributed by atoms with Crippen molar-refractivity contribution in [2.75, 3.05) is 13.1 Å². The maximum Gasteiger partial charge on any atom is 0.222 e. The minimum absolute atomic E-state index is 0. The molecule has 2 aromatic rings. The highest BCUT2D eigenvalue weighted by molar-refractivity contribution is 5.85. The number of nitrogens with two attached hydrogens (primary N) is 1. The Balaban J connectivity index is 0.00000144. The first-order valence-electron chi connectivity index (χ1n) is 7.71. The first-order valence-corrected chi connectivity index (χ1v) is 7.71. The Bertz CT molecular complexity index is 625. The van der Waals surface area contributed by atoms with Gasteiger partial charge in [0.25, 0.3) is 0 Å². The molecule has 24 heavy (non-hydrogen) atoms. The van der Waals surface area contributed by atoms with E-state index < -0.39 is 0 Å². The van der Waals surface area contributed by atoms with Crippen LogP contribution in [0.15, 0.2) is 54.9 Å². The molecule has 1 aliphatic rings. The number of halogens is 2. The fourth-order valence-electron chi connectivity index (χ4n) is 3.04. The molecule has 2 atom stereocenters. The summed E-state index contributed by atoms with van der Waals surface area (Å²) in [5, 5.41) is 0. The number of pyridine rings is 1. The lowest BCUT2D eigenvalue weighted by atomic mass is 9.95. The Morgan fingerprint density at radius 1 is 1.08 bits per heavy atom. The second-order valence-corrected chi connectivity index (χ2v) is 5.84. The van der Waals surface area contributed by atoms with Crippen molar-refractivity contribution in [1.82, 2.24) is 9.88 Å². The summed E-state index contributed by atoms with van der Waals surface area (Å²) in [6, 6.07) is 14.2. The van der Waals surface area contributed by atoms with Crippen molar-refractivity contribution >= 4 is 30.7 Å². The van der Waals surface area contributed by atoms with E-state index in [4.69, 9.17) is 5.73 Å². The van der Waals surface area contributed by atoms with Gasteiger partial charge in [-0.25, -0.2) is 0 Å². The summed E-state index contributed by atoms with van der Waals surface area (Å²) >= 11 is 0. The standard InChI is InChI=1S/C18H21N3O.2ClH/c19-17-13-21(12-16(17)15-4-2-1-3-5-15)18(22)7-6-14-8-10-20-11-9-14;;/h1-5,8-11,16-17H,6-7,12-13,19H2;2*1H/t16-,17+;;/m0../s1. The molecule has 1 aliphatic heterocycles. The third kappa shape index (κ3) is 4.94. The highest BCUT2D eigenvalue weighted by Gasteiger charge is 2.33. The lowest BCUT2D eigenvalue weighted by molar-refractivity contribution is -0.130. The van der Waals surface area contributed by atoms with E-state index in [0.29, 0.717) is 13.0 Å². The number of rotatable bonds is 4. The fourth-order valence-corrected chi connectivity index (χ4v) is 3.04. The average molecular weight is 368 g/mol. The smallest absolute Gasteiger partial charge is 0.222 e. The lowest BCUT2D eigenvalue weighted by Crippen LogP contribution is -2.32. The van der Waals surface area contributed by atoms with Gasteiger partial charge < -0.3 is 10.6 Å². The molecule has 1 fully saturated rings. The molecule has 6 heteroatoms. The van der Waals surface area contributed by atoms with Gasteiger partial charge in [0.2, 0.25) is 5.91 Å². The van der Waals surface area contributed by atoms with Crippen molar-refractivity contribution in [3.8, 4) is 0 Å². The zero-order valence-electron chi connectivity index (χ0n) is 13.4. The van der Waals surface area contributed by atoms with E-state index in [2.05, 4.69) is 17.1 Å². The summed E-state index contributed by atoms with van der Waals surface area (Å²) in [7, 11) is 0. The molecule has 0 radical (unpaired) electrons. The van der Waals surface area contributed by atoms with E-state index in [9.17, 15) is 4.79 Å². The molecule has 1 saturated heterocycles. The number of likely N-dealkylation sites (tertiary alicyclic amines) is 1. The summed E-state index contributed by atoms with van der Waals surface area (Å²) in [6.45, 7) is 1.37. The predicted octanol–water partition coefficient (Wildman–Crippen LogP) is 2.81. The van der Waals surface area contributed by atoms with Crippen molar-refractivity contribution < 1.29 is 4.79 Å². The van der Waals surface area contributed by atoms with Gasteiger partial charge >= 0.3 is 0 Å². The highest BCUT2D eigenvalue weighted by atomic mass is 35.5. The molecule has 2 heterocycles. The van der Waals surface area contributed by atoms with Gasteiger partial charge in [0.15, 0.2) is 0 Å². The van der Waals surface area contributed by atoms with Crippen molar-refractivity contribution in [3.63, 3.8) is 0 Å². The van der Waals surface area contributed by atoms with Crippen LogP contribution in [0, 0.1) is 0 Å². The van der Waals surface area contributed by atoms with Gasteiger partial charge in [-0.15, -0.1) is 24.8 Å². The number of aromatic nitrogens is 1. The minimum Gasteiger partial charge on any atom is -0.340 e. The second-order valence-electron chi connectivity index (χ2n) is 5.84. The van der Waals surface area contributed by atoms with E-state index in [1.54, 1.807) is 12.4 Å². The molecule has 0 bridgehead atoms. The molecule has 0 aliphatic carbocycles. The Kier molecular flexibility index (Phi) is 8.19. The van der Waals surface area contributed by atoms with Crippen LogP contribution in [-0.4, -0.2) is 34.9 Å². The minimum atomic E-state index is 0. The van der Waals surface area contributed by atoms with Crippen LogP contribution in [0.2, 0.25) is 0 Å². The van der Waals surface area contributed by atoms with Crippen LogP contribution in [0.1, 0.15) is 23.5 Å². The average Bonchev–Trinajstić information content (AvgIpc) is 2.96. The summed E-state index contributed by atoms with van der Waals surface area (Å²) < 4.78 is 0. The highest BCUT2D eigenvalue weighted by Crippen LogP contribution is 2.26. The number of amides is 1. The molecule has 0 saturated carbocycles. The number of hydrogen-bond acceptors (Lipinski definition) is 3. The summed E-state index contributed by atoms with van der Waals surface area (Å²) in [5.41, 5.74) is 8.61. The Morgan fingerprint density at radius 2 is 1.75 bits per heavy atom. The Labute approximate surface area is 155 Å². The number of aryl methyl sites for hydroxylation is 1. The van der Waals surface area contributed by atoms with Gasteiger partial charge in [0.1, 0.15) is 0 Å². The van der Waals surface area contributed by atoms with Crippen molar-refractivity contribution in [2.24, 2.45) is 5.73 Å². The quantitative estimate of drug-likeness (QED) is 0.903. The summed E-state index contributed by atoms with van der Waals surface area (Å²) in [6.07, 6.45) is 4.80. The first-order chi connectivity index (χ1) is 10.7. The van der Waals surface area contributed by atoms with Crippen LogP contribution in [0.25, 0.3) is 0 Å². The molecule has 1 aromatic heterocycles. The zero-order valence-corrected chi connectivity index (χ0v) is 15.0. The van der Waals surface area contributed by atoms with Gasteiger partial charge in [-0.3, -0.25) is 9.78 Å². The molecule has 4 nitrogen and oxygen atoms in total. The van der Waals surface area contributed by atoms with Gasteiger partial charge in [0.05, 0.1) is 0 Å². The van der Waals surface area contributed by atoms with Crippen LogP contribution in [0.3, 0.4) is 0 Å². The van der Waals surface area contributed by atoms with Crippen molar-refractivity contribution in [2.45, 2.75) is 24.8 Å². The van der Waals surface area contributed by atoms with E-state index in [1.807, 2.05) is 35.2 Å². The molecule has 130 valence electrons. The van der Waals surface area contributed by atoms with Gasteiger partial charge in [0, 0.05) is 43.9 Å². The number of hydrogen-bond donors (Lipinski definition) is 1. The third-order valence-corrected chi connectivity index (χ3v) is 4.32. The molecule has 3 rings (SSSR count). The fraction of sp³-hybridized carbons (Fsp3) is 0.333. The van der Waals surface area contributed by atoms with E-state index >= 15 is 0 Å². The summed E-state index contributed by atoms with van der Waals surface area (Å²) in [5.74, 6) is 0.428. The molecular weight excluding hydrogens is 345 g/mol. The molecule has 0 unspecified atom stereocenters. The zero-order chi connectivity index (χ0) is 15.4. The second kappa shape index (κ2) is 9.62. The number of benzene rings is 1. The monoisotopic (exact) mass is 367 g/mol. The van der Waals surface area contributed by atoms with Crippen LogP contribution in [0.5, 0.6) is 0 Å². The lowest BCUT2D eigenvalue weighted by Gasteiger charge is -2.16. The van der Waals surface area contributed by atoms with Crippen LogP contribution in [-0.2, 0) is 11.2 Å². The van der Waals surface area contributed by atoms with E-state index in [0.717, 1.165) is 18.5 Å². The van der Waals surface area contributed by atoms with E-state index in [-0.39, 0.29) is 42.7 Å². The van der Waals surface area contributed by atoms with Crippen LogP contribution < -0.4 is 5.73 Å². The number of carbonyl (C=O) groups is 1. The van der Waals surface area contributed by atoms with Crippen molar-refractivity contribution in [3.05, 3.63) is 66.0 Å².